The zero-order valence-corrected chi connectivity index (χ0v) is 17.0. The molecule has 2 fully saturated rings. The molecule has 5 heteroatoms. The van der Waals surface area contributed by atoms with E-state index in [0.29, 0.717) is 6.54 Å². The average molecular weight is 373 g/mol. The molecule has 2 saturated heterocycles. The van der Waals surface area contributed by atoms with Gasteiger partial charge in [-0.1, -0.05) is 36.2 Å². The van der Waals surface area contributed by atoms with Crippen molar-refractivity contribution >= 4 is 5.96 Å². The maximum Gasteiger partial charge on any atom is 0.194 e. The maximum atomic E-state index is 10.5. The molecule has 1 aromatic carbocycles. The Labute approximate surface area is 164 Å². The third-order valence-corrected chi connectivity index (χ3v) is 5.76. The van der Waals surface area contributed by atoms with Crippen molar-refractivity contribution in [2.45, 2.75) is 45.6 Å². The Morgan fingerprint density at radius 2 is 1.93 bits per heavy atom. The van der Waals surface area contributed by atoms with Crippen LogP contribution >= 0.6 is 0 Å². The number of likely N-dealkylation sites (tertiary alicyclic amines) is 2. The molecule has 5 nitrogen and oxygen atoms in total. The molecule has 2 atom stereocenters. The van der Waals surface area contributed by atoms with E-state index in [1.54, 1.807) is 0 Å². The largest absolute Gasteiger partial charge is 0.386 e. The fraction of sp³-hybridized carbons (Fsp3) is 0.682. The van der Waals surface area contributed by atoms with Gasteiger partial charge in [0.05, 0.1) is 12.6 Å². The highest BCUT2D eigenvalue weighted by Gasteiger charge is 2.27. The average Bonchev–Trinajstić information content (AvgIpc) is 3.14. The van der Waals surface area contributed by atoms with Crippen molar-refractivity contribution in [3.63, 3.8) is 0 Å². The Balaban J connectivity index is 1.54. The van der Waals surface area contributed by atoms with Gasteiger partial charge in [-0.05, 0) is 57.7 Å². The van der Waals surface area contributed by atoms with Crippen LogP contribution in [0.25, 0.3) is 0 Å². The number of hydrogen-bond donors (Lipinski definition) is 2. The van der Waals surface area contributed by atoms with Crippen LogP contribution in [0, 0.1) is 12.8 Å². The number of aliphatic imine (C=N–C) groups is 1. The monoisotopic (exact) mass is 372 g/mol. The van der Waals surface area contributed by atoms with Crippen LogP contribution in [0.2, 0.25) is 0 Å². The molecule has 2 aliphatic heterocycles. The molecule has 2 aliphatic rings. The third-order valence-electron chi connectivity index (χ3n) is 5.76. The molecule has 150 valence electrons. The molecule has 3 rings (SSSR count). The van der Waals surface area contributed by atoms with Gasteiger partial charge in [-0.2, -0.15) is 0 Å². The first-order valence-corrected chi connectivity index (χ1v) is 10.7. The minimum absolute atomic E-state index is 0.401. The molecule has 0 aliphatic carbocycles. The molecule has 2 N–H and O–H groups in total. The fourth-order valence-electron chi connectivity index (χ4n) is 4.17. The number of nitrogens with one attached hydrogen (secondary N) is 1. The summed E-state index contributed by atoms with van der Waals surface area (Å²) in [5, 5.41) is 13.9. The van der Waals surface area contributed by atoms with Crippen molar-refractivity contribution in [3.05, 3.63) is 35.4 Å². The van der Waals surface area contributed by atoms with E-state index in [9.17, 15) is 5.11 Å². The minimum Gasteiger partial charge on any atom is -0.386 e. The van der Waals surface area contributed by atoms with E-state index in [2.05, 4.69) is 29.0 Å². The zero-order valence-electron chi connectivity index (χ0n) is 17.0. The summed E-state index contributed by atoms with van der Waals surface area (Å²) in [5.74, 6) is 1.68. The number of rotatable bonds is 6. The van der Waals surface area contributed by atoms with Gasteiger partial charge in [-0.3, -0.25) is 4.99 Å². The number of hydrogen-bond acceptors (Lipinski definition) is 3. The standard InChI is InChI=1S/C22H36N4O/c1-3-23-22(24-15-21(27)20-9-7-18(2)8-10-20)26-14-11-19(17-26)16-25-12-5-4-6-13-25/h7-10,19,21,27H,3-6,11-17H2,1-2H3,(H,23,24). The second kappa shape index (κ2) is 10.1. The fourth-order valence-corrected chi connectivity index (χ4v) is 4.17. The Hall–Kier alpha value is -1.59. The van der Waals surface area contributed by atoms with Crippen LogP contribution < -0.4 is 5.32 Å². The molecule has 0 amide bonds. The quantitative estimate of drug-likeness (QED) is 0.596. The molecule has 0 spiro atoms. The smallest absolute Gasteiger partial charge is 0.194 e. The summed E-state index contributed by atoms with van der Waals surface area (Å²) < 4.78 is 0. The van der Waals surface area contributed by atoms with E-state index in [-0.39, 0.29) is 0 Å². The van der Waals surface area contributed by atoms with Crippen molar-refractivity contribution in [1.29, 1.82) is 0 Å². The molecule has 2 unspecified atom stereocenters. The van der Waals surface area contributed by atoms with Gasteiger partial charge >= 0.3 is 0 Å². The number of nitrogens with zero attached hydrogens (tertiary/aromatic N) is 3. The highest BCUT2D eigenvalue weighted by molar-refractivity contribution is 5.80. The van der Waals surface area contributed by atoms with Gasteiger partial charge in [0.1, 0.15) is 0 Å². The summed E-state index contributed by atoms with van der Waals surface area (Å²) in [7, 11) is 0. The van der Waals surface area contributed by atoms with E-state index < -0.39 is 6.10 Å². The van der Waals surface area contributed by atoms with E-state index in [4.69, 9.17) is 4.99 Å². The molecular weight excluding hydrogens is 336 g/mol. The maximum absolute atomic E-state index is 10.5. The summed E-state index contributed by atoms with van der Waals surface area (Å²) in [5.41, 5.74) is 2.14. The van der Waals surface area contributed by atoms with Gasteiger partial charge in [-0.15, -0.1) is 0 Å². The van der Waals surface area contributed by atoms with Crippen molar-refractivity contribution < 1.29 is 5.11 Å². The van der Waals surface area contributed by atoms with Crippen molar-refractivity contribution in [2.24, 2.45) is 10.9 Å². The van der Waals surface area contributed by atoms with Gasteiger partial charge in [0.25, 0.3) is 0 Å². The number of benzene rings is 1. The van der Waals surface area contributed by atoms with Crippen molar-refractivity contribution in [3.8, 4) is 0 Å². The van der Waals surface area contributed by atoms with Gasteiger partial charge in [0.2, 0.25) is 0 Å². The van der Waals surface area contributed by atoms with E-state index >= 15 is 0 Å². The van der Waals surface area contributed by atoms with Crippen LogP contribution in [-0.4, -0.2) is 66.7 Å². The summed E-state index contributed by atoms with van der Waals surface area (Å²) in [6.07, 6.45) is 4.80. The summed E-state index contributed by atoms with van der Waals surface area (Å²) >= 11 is 0. The van der Waals surface area contributed by atoms with Crippen LogP contribution in [0.3, 0.4) is 0 Å². The molecule has 0 saturated carbocycles. The number of aryl methyl sites for hydroxylation is 1. The van der Waals surface area contributed by atoms with E-state index in [1.807, 2.05) is 24.3 Å². The van der Waals surface area contributed by atoms with Gasteiger partial charge < -0.3 is 20.2 Å². The second-order valence-electron chi connectivity index (χ2n) is 8.08. The predicted octanol–water partition coefficient (Wildman–Crippen LogP) is 2.80. The highest BCUT2D eigenvalue weighted by Crippen LogP contribution is 2.20. The number of guanidine groups is 1. The number of piperidine rings is 1. The zero-order chi connectivity index (χ0) is 19.1. The predicted molar refractivity (Wildman–Crippen MR) is 112 cm³/mol. The Kier molecular flexibility index (Phi) is 7.53. The molecular formula is C22H36N4O. The van der Waals surface area contributed by atoms with Crippen LogP contribution in [0.4, 0.5) is 0 Å². The van der Waals surface area contributed by atoms with Crippen LogP contribution in [-0.2, 0) is 0 Å². The topological polar surface area (TPSA) is 51.1 Å². The third kappa shape index (κ3) is 5.94. The molecule has 0 bridgehead atoms. The lowest BCUT2D eigenvalue weighted by atomic mass is 10.1. The van der Waals surface area contributed by atoms with Crippen LogP contribution in [0.1, 0.15) is 49.8 Å². The molecule has 0 aromatic heterocycles. The van der Waals surface area contributed by atoms with Crippen LogP contribution in [0.5, 0.6) is 0 Å². The lowest BCUT2D eigenvalue weighted by Gasteiger charge is -2.29. The molecule has 0 radical (unpaired) electrons. The first-order valence-electron chi connectivity index (χ1n) is 10.7. The van der Waals surface area contributed by atoms with Crippen molar-refractivity contribution in [1.82, 2.24) is 15.1 Å². The highest BCUT2D eigenvalue weighted by atomic mass is 16.3. The molecule has 1 aromatic rings. The van der Waals surface area contributed by atoms with Gasteiger partial charge in [0, 0.05) is 26.2 Å². The van der Waals surface area contributed by atoms with E-state index in [0.717, 1.165) is 37.1 Å². The summed E-state index contributed by atoms with van der Waals surface area (Å²) in [6.45, 7) is 11.3. The summed E-state index contributed by atoms with van der Waals surface area (Å²) in [6, 6.07) is 8.07. The summed E-state index contributed by atoms with van der Waals surface area (Å²) in [4.78, 5) is 9.76. The number of aliphatic hydroxyl groups is 1. The van der Waals surface area contributed by atoms with Crippen molar-refractivity contribution in [2.75, 3.05) is 45.8 Å². The SMILES string of the molecule is CCNC(=NCC(O)c1ccc(C)cc1)N1CCC(CN2CCCCC2)C1. The Bertz CT molecular complexity index is 595. The first kappa shape index (κ1) is 20.2. The molecule has 2 heterocycles. The van der Waals surface area contributed by atoms with Crippen LogP contribution in [0.15, 0.2) is 29.3 Å². The normalized spacial score (nSPS) is 22.9. The van der Waals surface area contributed by atoms with Gasteiger partial charge in [0.15, 0.2) is 5.96 Å². The lowest BCUT2D eigenvalue weighted by Crippen LogP contribution is -2.41. The van der Waals surface area contributed by atoms with Gasteiger partial charge in [-0.25, -0.2) is 0 Å². The lowest BCUT2D eigenvalue weighted by molar-refractivity contribution is 0.186. The second-order valence-corrected chi connectivity index (χ2v) is 8.08. The van der Waals surface area contributed by atoms with E-state index in [1.165, 1.54) is 50.9 Å². The minimum atomic E-state index is -0.550. The Morgan fingerprint density at radius 1 is 1.19 bits per heavy atom. The molecule has 27 heavy (non-hydrogen) atoms. The first-order chi connectivity index (χ1) is 13.2. The Morgan fingerprint density at radius 3 is 2.63 bits per heavy atom. The number of aliphatic hydroxyl groups excluding tert-OH is 1.